The Morgan fingerprint density at radius 2 is 1.73 bits per heavy atom. The van der Waals surface area contributed by atoms with Gasteiger partial charge >= 0.3 is 0 Å². The van der Waals surface area contributed by atoms with Gasteiger partial charge in [0.2, 0.25) is 11.8 Å². The minimum atomic E-state index is -0.312. The van der Waals surface area contributed by atoms with E-state index in [4.69, 9.17) is 0 Å². The fourth-order valence-electron chi connectivity index (χ4n) is 0.796. The van der Waals surface area contributed by atoms with Crippen LogP contribution in [0.1, 0.15) is 19.8 Å². The van der Waals surface area contributed by atoms with Crippen LogP contribution in [0.3, 0.4) is 0 Å². The molecule has 0 fully saturated rings. The van der Waals surface area contributed by atoms with Gasteiger partial charge in [-0.1, -0.05) is 6.58 Å². The highest BCUT2D eigenvalue weighted by molar-refractivity contribution is 5.96. The highest BCUT2D eigenvalue weighted by Gasteiger charge is 2.08. The SMILES string of the molecule is C=C(C)C(=O)CCC(=O)NCC(=O)NC. The molecule has 0 spiro atoms. The maximum Gasteiger partial charge on any atom is 0.239 e. The molecule has 0 saturated carbocycles. The molecular formula is C10H16N2O3. The van der Waals surface area contributed by atoms with Crippen LogP contribution in [0.15, 0.2) is 12.2 Å². The van der Waals surface area contributed by atoms with Gasteiger partial charge in [-0.05, 0) is 12.5 Å². The number of Topliss-reactive ketones (excluding diaryl/α,β-unsaturated/α-hetero) is 1. The number of hydrogen-bond donors (Lipinski definition) is 2. The smallest absolute Gasteiger partial charge is 0.239 e. The first-order valence-electron chi connectivity index (χ1n) is 4.63. The largest absolute Gasteiger partial charge is 0.358 e. The van der Waals surface area contributed by atoms with Crippen LogP contribution in [0, 0.1) is 0 Å². The third-order valence-electron chi connectivity index (χ3n) is 1.78. The second-order valence-electron chi connectivity index (χ2n) is 3.15. The molecule has 0 aliphatic carbocycles. The van der Waals surface area contributed by atoms with Crippen LogP contribution >= 0.6 is 0 Å². The standard InChI is InChI=1S/C10H16N2O3/c1-7(2)8(13)4-5-9(14)12-6-10(15)11-3/h1,4-6H2,2-3H3,(H,11,15)(H,12,14). The number of rotatable bonds is 6. The maximum absolute atomic E-state index is 11.1. The molecule has 2 amide bonds. The van der Waals surface area contributed by atoms with E-state index in [1.54, 1.807) is 6.92 Å². The average Bonchev–Trinajstić information content (AvgIpc) is 2.21. The third-order valence-corrected chi connectivity index (χ3v) is 1.78. The van der Waals surface area contributed by atoms with Crippen LogP contribution in [0.25, 0.3) is 0 Å². The molecule has 0 aliphatic rings. The molecule has 0 atom stereocenters. The van der Waals surface area contributed by atoms with Crippen LogP contribution in [-0.2, 0) is 14.4 Å². The summed E-state index contributed by atoms with van der Waals surface area (Å²) in [4.78, 5) is 33.0. The summed E-state index contributed by atoms with van der Waals surface area (Å²) >= 11 is 0. The van der Waals surface area contributed by atoms with Crippen molar-refractivity contribution < 1.29 is 14.4 Å². The van der Waals surface area contributed by atoms with Gasteiger partial charge in [0.15, 0.2) is 5.78 Å². The van der Waals surface area contributed by atoms with Crippen molar-refractivity contribution in [3.63, 3.8) is 0 Å². The molecule has 0 aromatic carbocycles. The van der Waals surface area contributed by atoms with E-state index in [0.717, 1.165) is 0 Å². The molecule has 0 heterocycles. The van der Waals surface area contributed by atoms with E-state index >= 15 is 0 Å². The quantitative estimate of drug-likeness (QED) is 0.597. The zero-order valence-corrected chi connectivity index (χ0v) is 9.05. The van der Waals surface area contributed by atoms with Crippen molar-refractivity contribution in [3.05, 3.63) is 12.2 Å². The van der Waals surface area contributed by atoms with Gasteiger partial charge in [0.25, 0.3) is 0 Å². The van der Waals surface area contributed by atoms with Crippen molar-refractivity contribution in [3.8, 4) is 0 Å². The van der Waals surface area contributed by atoms with Gasteiger partial charge in [-0.3, -0.25) is 14.4 Å². The lowest BCUT2D eigenvalue weighted by atomic mass is 10.1. The Balaban J connectivity index is 3.71. The number of carbonyl (C=O) groups is 3. The summed E-state index contributed by atoms with van der Waals surface area (Å²) in [6.07, 6.45) is 0.220. The second-order valence-corrected chi connectivity index (χ2v) is 3.15. The van der Waals surface area contributed by atoms with Crippen molar-refractivity contribution in [1.29, 1.82) is 0 Å². The number of likely N-dealkylation sites (N-methyl/N-ethyl adjacent to an activating group) is 1. The molecule has 0 aromatic rings. The minimum absolute atomic E-state index is 0.0589. The molecule has 0 unspecified atom stereocenters. The van der Waals surface area contributed by atoms with Gasteiger partial charge in [-0.15, -0.1) is 0 Å². The van der Waals surface area contributed by atoms with Gasteiger partial charge in [0.1, 0.15) is 0 Å². The Labute approximate surface area is 88.9 Å². The molecule has 15 heavy (non-hydrogen) atoms. The molecule has 0 aromatic heterocycles. The molecule has 0 saturated heterocycles. The maximum atomic E-state index is 11.1. The summed E-state index contributed by atoms with van der Waals surface area (Å²) in [7, 11) is 1.49. The normalized spacial score (nSPS) is 9.20. The molecule has 5 heteroatoms. The van der Waals surface area contributed by atoms with Gasteiger partial charge in [0.05, 0.1) is 6.54 Å². The first-order chi connectivity index (χ1) is 6.97. The molecule has 5 nitrogen and oxygen atoms in total. The van der Waals surface area contributed by atoms with Crippen molar-refractivity contribution in [2.45, 2.75) is 19.8 Å². The van der Waals surface area contributed by atoms with Crippen LogP contribution in [0.4, 0.5) is 0 Å². The topological polar surface area (TPSA) is 75.3 Å². The predicted molar refractivity (Wildman–Crippen MR) is 56.1 cm³/mol. The first kappa shape index (κ1) is 13.4. The van der Waals surface area contributed by atoms with Crippen LogP contribution in [0.2, 0.25) is 0 Å². The van der Waals surface area contributed by atoms with Crippen LogP contribution < -0.4 is 10.6 Å². The van der Waals surface area contributed by atoms with Gasteiger partial charge in [0, 0.05) is 19.9 Å². The average molecular weight is 212 g/mol. The minimum Gasteiger partial charge on any atom is -0.358 e. The Bertz CT molecular complexity index is 284. The molecule has 84 valence electrons. The lowest BCUT2D eigenvalue weighted by molar-refractivity contribution is -0.126. The lowest BCUT2D eigenvalue weighted by Gasteiger charge is -2.03. The summed E-state index contributed by atoms with van der Waals surface area (Å²) in [5.41, 5.74) is 0.439. The Morgan fingerprint density at radius 1 is 1.13 bits per heavy atom. The van der Waals surface area contributed by atoms with Gasteiger partial charge in [-0.2, -0.15) is 0 Å². The van der Waals surface area contributed by atoms with Crippen molar-refractivity contribution >= 4 is 17.6 Å². The number of ketones is 1. The zero-order chi connectivity index (χ0) is 11.8. The lowest BCUT2D eigenvalue weighted by Crippen LogP contribution is -2.35. The second kappa shape index (κ2) is 6.75. The Kier molecular flexibility index (Phi) is 6.01. The molecule has 0 bridgehead atoms. The van der Waals surface area contributed by atoms with E-state index < -0.39 is 0 Å². The monoisotopic (exact) mass is 212 g/mol. The van der Waals surface area contributed by atoms with E-state index in [-0.39, 0.29) is 37.0 Å². The van der Waals surface area contributed by atoms with Gasteiger partial charge in [-0.25, -0.2) is 0 Å². The highest BCUT2D eigenvalue weighted by atomic mass is 16.2. The van der Waals surface area contributed by atoms with E-state index in [1.807, 2.05) is 0 Å². The van der Waals surface area contributed by atoms with Crippen molar-refractivity contribution in [2.24, 2.45) is 0 Å². The summed E-state index contributed by atoms with van der Waals surface area (Å²) in [5.74, 6) is -0.715. The van der Waals surface area contributed by atoms with E-state index in [2.05, 4.69) is 17.2 Å². The third kappa shape index (κ3) is 6.42. The Morgan fingerprint density at radius 3 is 2.20 bits per heavy atom. The van der Waals surface area contributed by atoms with Crippen molar-refractivity contribution in [2.75, 3.05) is 13.6 Å². The fraction of sp³-hybridized carbons (Fsp3) is 0.500. The summed E-state index contributed by atoms with van der Waals surface area (Å²) in [6.45, 7) is 5.02. The number of carbonyl (C=O) groups excluding carboxylic acids is 3. The Hall–Kier alpha value is -1.65. The molecule has 2 N–H and O–H groups in total. The van der Waals surface area contributed by atoms with Crippen LogP contribution in [-0.4, -0.2) is 31.2 Å². The predicted octanol–water partition coefficient (Wildman–Crippen LogP) is -0.226. The molecule has 0 radical (unpaired) electrons. The molecular weight excluding hydrogens is 196 g/mol. The number of amides is 2. The van der Waals surface area contributed by atoms with Crippen LogP contribution in [0.5, 0.6) is 0 Å². The summed E-state index contributed by atoms with van der Waals surface area (Å²) in [6, 6.07) is 0. The van der Waals surface area contributed by atoms with E-state index in [1.165, 1.54) is 7.05 Å². The zero-order valence-electron chi connectivity index (χ0n) is 9.05. The fourth-order valence-corrected chi connectivity index (χ4v) is 0.796. The number of allylic oxidation sites excluding steroid dienone is 1. The number of hydrogen-bond acceptors (Lipinski definition) is 3. The first-order valence-corrected chi connectivity index (χ1v) is 4.63. The van der Waals surface area contributed by atoms with Gasteiger partial charge < -0.3 is 10.6 Å². The van der Waals surface area contributed by atoms with Crippen molar-refractivity contribution in [1.82, 2.24) is 10.6 Å². The van der Waals surface area contributed by atoms with E-state index in [9.17, 15) is 14.4 Å². The molecule has 0 aliphatic heterocycles. The summed E-state index contributed by atoms with van der Waals surface area (Å²) in [5, 5.41) is 4.76. The number of nitrogens with one attached hydrogen (secondary N) is 2. The highest BCUT2D eigenvalue weighted by Crippen LogP contribution is 1.98. The summed E-state index contributed by atoms with van der Waals surface area (Å²) < 4.78 is 0. The van der Waals surface area contributed by atoms with E-state index in [0.29, 0.717) is 5.57 Å². The molecule has 0 rings (SSSR count).